The molecule has 3 rings (SSSR count). The summed E-state index contributed by atoms with van der Waals surface area (Å²) in [6.07, 6.45) is 1.13. The van der Waals surface area contributed by atoms with E-state index >= 15 is 0 Å². The number of nitrogens with one attached hydrogen (secondary N) is 1. The van der Waals surface area contributed by atoms with Gasteiger partial charge in [-0.1, -0.05) is 54.6 Å². The van der Waals surface area contributed by atoms with Gasteiger partial charge in [-0.05, 0) is 56.2 Å². The molecule has 1 aliphatic rings. The minimum Gasteiger partial charge on any atom is -0.445 e. The summed E-state index contributed by atoms with van der Waals surface area (Å²) in [6, 6.07) is 17.9. The molecule has 0 atom stereocenters. The Hall–Kier alpha value is -3.02. The van der Waals surface area contributed by atoms with Crippen molar-refractivity contribution in [1.29, 1.82) is 0 Å². The average molecular weight is 425 g/mol. The first-order chi connectivity index (χ1) is 14.8. The molecule has 1 heterocycles. The van der Waals surface area contributed by atoms with Crippen LogP contribution in [-0.4, -0.2) is 35.8 Å². The fourth-order valence-electron chi connectivity index (χ4n) is 3.63. The zero-order chi connectivity index (χ0) is 22.3. The molecule has 6 heteroatoms. The fourth-order valence-corrected chi connectivity index (χ4v) is 3.63. The highest BCUT2D eigenvalue weighted by Crippen LogP contribution is 2.29. The zero-order valence-corrected chi connectivity index (χ0v) is 18.6. The minimum absolute atomic E-state index is 0.238. The number of hydrogen-bond donors (Lipinski definition) is 1. The summed E-state index contributed by atoms with van der Waals surface area (Å²) in [6.45, 7) is 7.70. The summed E-state index contributed by atoms with van der Waals surface area (Å²) in [7, 11) is 0. The molecule has 0 radical (unpaired) electrons. The van der Waals surface area contributed by atoms with Crippen molar-refractivity contribution < 1.29 is 19.1 Å². The lowest BCUT2D eigenvalue weighted by Gasteiger charge is -2.33. The van der Waals surface area contributed by atoms with Crippen molar-refractivity contribution in [3.63, 3.8) is 0 Å². The molecule has 2 amide bonds. The van der Waals surface area contributed by atoms with E-state index in [0.29, 0.717) is 25.6 Å². The lowest BCUT2D eigenvalue weighted by atomic mass is 9.89. The second-order valence-corrected chi connectivity index (χ2v) is 8.90. The Kier molecular flexibility index (Phi) is 7.55. The second kappa shape index (κ2) is 10.3. The third-order valence-electron chi connectivity index (χ3n) is 5.22. The van der Waals surface area contributed by atoms with Crippen LogP contribution in [0.5, 0.6) is 0 Å². The van der Waals surface area contributed by atoms with Gasteiger partial charge in [-0.3, -0.25) is 0 Å². The van der Waals surface area contributed by atoms with Crippen LogP contribution in [0, 0.1) is 0 Å². The van der Waals surface area contributed by atoms with E-state index in [2.05, 4.69) is 17.4 Å². The topological polar surface area (TPSA) is 67.9 Å². The number of rotatable bonds is 5. The molecule has 0 unspecified atom stereocenters. The van der Waals surface area contributed by atoms with Gasteiger partial charge in [0.2, 0.25) is 0 Å². The smallest absolute Gasteiger partial charge is 0.410 e. The zero-order valence-electron chi connectivity index (χ0n) is 18.6. The van der Waals surface area contributed by atoms with Gasteiger partial charge < -0.3 is 19.7 Å². The summed E-state index contributed by atoms with van der Waals surface area (Å²) in [4.78, 5) is 26.0. The molecular weight excluding hydrogens is 392 g/mol. The molecule has 0 bridgehead atoms. The van der Waals surface area contributed by atoms with E-state index in [1.54, 1.807) is 4.90 Å². The van der Waals surface area contributed by atoms with E-state index in [1.807, 2.05) is 63.2 Å². The van der Waals surface area contributed by atoms with E-state index in [4.69, 9.17) is 9.47 Å². The Labute approximate surface area is 184 Å². The molecule has 31 heavy (non-hydrogen) atoms. The molecule has 1 aliphatic heterocycles. The Morgan fingerprint density at radius 2 is 1.68 bits per heavy atom. The maximum atomic E-state index is 12.3. The predicted octanol–water partition coefficient (Wildman–Crippen LogP) is 5.23. The summed E-state index contributed by atoms with van der Waals surface area (Å²) in [5, 5.41) is 2.81. The standard InChI is InChI=1S/C25H32N2O4/c1-25(2,3)31-24(29)27-14-12-21(13-15-27)22-11-7-10-20(16-22)17-26-23(28)30-18-19-8-5-4-6-9-19/h4-11,16,21H,12-15,17-18H2,1-3H3,(H,26,28). The van der Waals surface area contributed by atoms with Crippen LogP contribution < -0.4 is 5.32 Å². The van der Waals surface area contributed by atoms with Crippen molar-refractivity contribution in [1.82, 2.24) is 10.2 Å². The molecule has 1 saturated heterocycles. The van der Waals surface area contributed by atoms with Gasteiger partial charge in [0.05, 0.1) is 0 Å². The quantitative estimate of drug-likeness (QED) is 0.714. The first-order valence-corrected chi connectivity index (χ1v) is 10.8. The first kappa shape index (κ1) is 22.7. The van der Waals surface area contributed by atoms with Crippen LogP contribution in [0.4, 0.5) is 9.59 Å². The molecule has 0 spiro atoms. The van der Waals surface area contributed by atoms with Gasteiger partial charge in [0.1, 0.15) is 12.2 Å². The Morgan fingerprint density at radius 1 is 1.00 bits per heavy atom. The van der Waals surface area contributed by atoms with Crippen LogP contribution in [-0.2, 0) is 22.6 Å². The van der Waals surface area contributed by atoms with Crippen LogP contribution in [0.15, 0.2) is 54.6 Å². The SMILES string of the molecule is CC(C)(C)OC(=O)N1CCC(c2cccc(CNC(=O)OCc3ccccc3)c2)CC1. The van der Waals surface area contributed by atoms with Crippen molar-refractivity contribution in [2.24, 2.45) is 0 Å². The third-order valence-corrected chi connectivity index (χ3v) is 5.22. The number of ether oxygens (including phenoxy) is 2. The van der Waals surface area contributed by atoms with Crippen LogP contribution in [0.3, 0.4) is 0 Å². The lowest BCUT2D eigenvalue weighted by Crippen LogP contribution is -2.41. The molecule has 1 fully saturated rings. The van der Waals surface area contributed by atoms with Gasteiger partial charge in [-0.15, -0.1) is 0 Å². The average Bonchev–Trinajstić information content (AvgIpc) is 2.76. The summed E-state index contributed by atoms with van der Waals surface area (Å²) < 4.78 is 10.7. The predicted molar refractivity (Wildman–Crippen MR) is 120 cm³/mol. The number of hydrogen-bond acceptors (Lipinski definition) is 4. The van der Waals surface area contributed by atoms with Gasteiger partial charge in [-0.2, -0.15) is 0 Å². The first-order valence-electron chi connectivity index (χ1n) is 10.8. The minimum atomic E-state index is -0.475. The highest BCUT2D eigenvalue weighted by molar-refractivity contribution is 5.68. The number of carbonyl (C=O) groups is 2. The maximum Gasteiger partial charge on any atom is 0.410 e. The summed E-state index contributed by atoms with van der Waals surface area (Å²) in [5.41, 5.74) is 2.75. The third kappa shape index (κ3) is 7.31. The number of carbonyl (C=O) groups excluding carboxylic acids is 2. The number of nitrogens with zero attached hydrogens (tertiary/aromatic N) is 1. The Morgan fingerprint density at radius 3 is 2.35 bits per heavy atom. The molecule has 1 N–H and O–H groups in total. The maximum absolute atomic E-state index is 12.3. The van der Waals surface area contributed by atoms with Gasteiger partial charge in [-0.25, -0.2) is 9.59 Å². The number of benzene rings is 2. The lowest BCUT2D eigenvalue weighted by molar-refractivity contribution is 0.0205. The van der Waals surface area contributed by atoms with E-state index in [1.165, 1.54) is 5.56 Å². The molecule has 0 aromatic heterocycles. The molecule has 2 aromatic carbocycles. The molecule has 0 aliphatic carbocycles. The van der Waals surface area contributed by atoms with Gasteiger partial charge in [0.25, 0.3) is 0 Å². The van der Waals surface area contributed by atoms with Gasteiger partial charge >= 0.3 is 12.2 Å². The highest BCUT2D eigenvalue weighted by atomic mass is 16.6. The molecular formula is C25H32N2O4. The number of piperidine rings is 1. The van der Waals surface area contributed by atoms with E-state index in [-0.39, 0.29) is 12.7 Å². The van der Waals surface area contributed by atoms with Crippen LogP contribution in [0.25, 0.3) is 0 Å². The molecule has 0 saturated carbocycles. The van der Waals surface area contributed by atoms with Gasteiger partial charge in [0.15, 0.2) is 0 Å². The summed E-state index contributed by atoms with van der Waals surface area (Å²) >= 11 is 0. The van der Waals surface area contributed by atoms with Crippen molar-refractivity contribution in [3.8, 4) is 0 Å². The van der Waals surface area contributed by atoms with E-state index in [0.717, 1.165) is 24.0 Å². The molecule has 6 nitrogen and oxygen atoms in total. The Bertz CT molecular complexity index is 869. The second-order valence-electron chi connectivity index (χ2n) is 8.90. The van der Waals surface area contributed by atoms with Crippen molar-refractivity contribution in [3.05, 3.63) is 71.3 Å². The number of amides is 2. The van der Waals surface area contributed by atoms with Crippen LogP contribution in [0.2, 0.25) is 0 Å². The van der Waals surface area contributed by atoms with E-state index in [9.17, 15) is 9.59 Å². The fraction of sp³-hybridized carbons (Fsp3) is 0.440. The normalized spacial score (nSPS) is 14.7. The number of likely N-dealkylation sites (tertiary alicyclic amines) is 1. The van der Waals surface area contributed by atoms with E-state index < -0.39 is 11.7 Å². The summed E-state index contributed by atoms with van der Waals surface area (Å²) in [5.74, 6) is 0.392. The molecule has 166 valence electrons. The van der Waals surface area contributed by atoms with Crippen molar-refractivity contribution in [2.75, 3.05) is 13.1 Å². The number of alkyl carbamates (subject to hydrolysis) is 1. The monoisotopic (exact) mass is 424 g/mol. The largest absolute Gasteiger partial charge is 0.445 e. The van der Waals surface area contributed by atoms with Gasteiger partial charge in [0, 0.05) is 19.6 Å². The van der Waals surface area contributed by atoms with Crippen LogP contribution >= 0.6 is 0 Å². The van der Waals surface area contributed by atoms with Crippen molar-refractivity contribution in [2.45, 2.75) is 58.3 Å². The van der Waals surface area contributed by atoms with Crippen LogP contribution in [0.1, 0.15) is 56.2 Å². The molecule has 2 aromatic rings. The van der Waals surface area contributed by atoms with Crippen molar-refractivity contribution >= 4 is 12.2 Å². The Balaban J connectivity index is 1.46. The highest BCUT2D eigenvalue weighted by Gasteiger charge is 2.27.